The van der Waals surface area contributed by atoms with Crippen molar-refractivity contribution < 1.29 is 25.0 Å². The van der Waals surface area contributed by atoms with Crippen molar-refractivity contribution >= 4 is 11.7 Å². The van der Waals surface area contributed by atoms with Crippen LogP contribution in [0.15, 0.2) is 12.1 Å². The zero-order chi connectivity index (χ0) is 12.3. The average molecular weight is 227 g/mol. The van der Waals surface area contributed by atoms with Crippen LogP contribution in [0.2, 0.25) is 0 Å². The molecule has 0 saturated carbocycles. The Hall–Kier alpha value is -2.31. The summed E-state index contributed by atoms with van der Waals surface area (Å²) in [6.07, 6.45) is -0.294. The Kier molecular flexibility index (Phi) is 3.29. The van der Waals surface area contributed by atoms with Crippen LogP contribution >= 0.6 is 0 Å². The van der Waals surface area contributed by atoms with Crippen molar-refractivity contribution in [3.63, 3.8) is 0 Å². The van der Waals surface area contributed by atoms with E-state index in [1.165, 1.54) is 0 Å². The number of hydrogen-bond donors (Lipinski definition) is 3. The second kappa shape index (κ2) is 4.47. The van der Waals surface area contributed by atoms with Crippen molar-refractivity contribution in [3.8, 4) is 11.5 Å². The van der Waals surface area contributed by atoms with Crippen LogP contribution in [0.5, 0.6) is 11.5 Å². The number of carbonyl (C=O) groups is 1. The lowest BCUT2D eigenvalue weighted by Crippen LogP contribution is -1.99. The Morgan fingerprint density at radius 3 is 2.44 bits per heavy atom. The summed E-state index contributed by atoms with van der Waals surface area (Å²) in [4.78, 5) is 20.0. The first-order chi connectivity index (χ1) is 7.41. The number of nitro benzene ring substituents is 1. The molecule has 0 aliphatic heterocycles. The molecule has 0 aliphatic rings. The zero-order valence-corrected chi connectivity index (χ0v) is 8.08. The van der Waals surface area contributed by atoms with Crippen molar-refractivity contribution in [2.24, 2.45) is 0 Å². The van der Waals surface area contributed by atoms with Gasteiger partial charge in [0, 0.05) is 24.1 Å². The highest BCUT2D eigenvalue weighted by Gasteiger charge is 2.17. The van der Waals surface area contributed by atoms with Crippen LogP contribution in [-0.2, 0) is 11.2 Å². The van der Waals surface area contributed by atoms with Gasteiger partial charge in [-0.15, -0.1) is 0 Å². The van der Waals surface area contributed by atoms with Crippen molar-refractivity contribution in [1.29, 1.82) is 0 Å². The van der Waals surface area contributed by atoms with E-state index in [0.29, 0.717) is 0 Å². The number of benzene rings is 1. The maximum Gasteiger partial charge on any atom is 0.311 e. The second-order valence-electron chi connectivity index (χ2n) is 3.12. The molecule has 0 aliphatic carbocycles. The molecule has 0 heterocycles. The average Bonchev–Trinajstić information content (AvgIpc) is 2.15. The van der Waals surface area contributed by atoms with Gasteiger partial charge in [-0.1, -0.05) is 0 Å². The molecule has 0 fully saturated rings. The predicted octanol–water partition coefficient (Wildman–Crippen LogP) is 1.02. The maximum atomic E-state index is 10.5. The van der Waals surface area contributed by atoms with E-state index in [-0.39, 0.29) is 24.2 Å². The van der Waals surface area contributed by atoms with Crippen LogP contribution in [0.25, 0.3) is 0 Å². The number of phenols is 2. The van der Waals surface area contributed by atoms with E-state index in [0.717, 1.165) is 12.1 Å². The van der Waals surface area contributed by atoms with Crippen molar-refractivity contribution in [2.45, 2.75) is 12.8 Å². The van der Waals surface area contributed by atoms with Crippen LogP contribution in [0.3, 0.4) is 0 Å². The summed E-state index contributed by atoms with van der Waals surface area (Å²) in [7, 11) is 0. The molecule has 1 aromatic rings. The van der Waals surface area contributed by atoms with E-state index in [9.17, 15) is 20.0 Å². The zero-order valence-electron chi connectivity index (χ0n) is 8.08. The maximum absolute atomic E-state index is 10.5. The minimum atomic E-state index is -1.07. The third kappa shape index (κ3) is 2.59. The lowest BCUT2D eigenvalue weighted by Gasteiger charge is -2.04. The standard InChI is InChI=1S/C9H9NO6/c11-7-4-8(12)6(10(15)16)3-5(7)1-2-9(13)14/h3-4,11-12H,1-2H2,(H,13,14). The Bertz CT molecular complexity index is 442. The van der Waals surface area contributed by atoms with Gasteiger partial charge in [0.2, 0.25) is 0 Å². The minimum Gasteiger partial charge on any atom is -0.508 e. The largest absolute Gasteiger partial charge is 0.508 e. The highest BCUT2D eigenvalue weighted by Crippen LogP contribution is 2.33. The Morgan fingerprint density at radius 1 is 1.31 bits per heavy atom. The number of phenolic OH excluding ortho intramolecular Hbond substituents is 2. The first kappa shape index (κ1) is 11.8. The first-order valence-corrected chi connectivity index (χ1v) is 4.33. The summed E-state index contributed by atoms with van der Waals surface area (Å²) in [5.74, 6) is -2.08. The Balaban J connectivity index is 3.05. The fraction of sp³-hybridized carbons (Fsp3) is 0.222. The molecule has 86 valence electrons. The number of aryl methyl sites for hydroxylation is 1. The van der Waals surface area contributed by atoms with Gasteiger partial charge in [-0.2, -0.15) is 0 Å². The number of carboxylic acid groups (broad SMARTS) is 1. The highest BCUT2D eigenvalue weighted by atomic mass is 16.6. The Morgan fingerprint density at radius 2 is 1.94 bits per heavy atom. The molecule has 7 heteroatoms. The molecule has 0 saturated heterocycles. The van der Waals surface area contributed by atoms with E-state index in [1.807, 2.05) is 0 Å². The third-order valence-corrected chi connectivity index (χ3v) is 1.98. The van der Waals surface area contributed by atoms with Crippen LogP contribution in [0.4, 0.5) is 5.69 Å². The molecule has 0 aromatic heterocycles. The molecule has 0 unspecified atom stereocenters. The van der Waals surface area contributed by atoms with Gasteiger partial charge in [0.25, 0.3) is 0 Å². The predicted molar refractivity (Wildman–Crippen MR) is 52.4 cm³/mol. The summed E-state index contributed by atoms with van der Waals surface area (Å²) in [6, 6.07) is 1.79. The summed E-state index contributed by atoms with van der Waals surface area (Å²) in [5.41, 5.74) is -0.440. The van der Waals surface area contributed by atoms with E-state index < -0.39 is 22.3 Å². The SMILES string of the molecule is O=C(O)CCc1cc([N+](=O)[O-])c(O)cc1O. The molecule has 0 amide bonds. The minimum absolute atomic E-state index is 0.0394. The van der Waals surface area contributed by atoms with E-state index in [1.54, 1.807) is 0 Å². The molecule has 0 spiro atoms. The number of rotatable bonds is 4. The van der Waals surface area contributed by atoms with E-state index in [2.05, 4.69) is 0 Å². The number of hydrogen-bond acceptors (Lipinski definition) is 5. The van der Waals surface area contributed by atoms with Gasteiger partial charge in [-0.05, 0) is 6.42 Å². The van der Waals surface area contributed by atoms with Crippen LogP contribution in [0.1, 0.15) is 12.0 Å². The lowest BCUT2D eigenvalue weighted by molar-refractivity contribution is -0.385. The van der Waals surface area contributed by atoms with Gasteiger partial charge in [0.1, 0.15) is 5.75 Å². The van der Waals surface area contributed by atoms with Gasteiger partial charge in [0.15, 0.2) is 5.75 Å². The molecule has 1 rings (SSSR count). The van der Waals surface area contributed by atoms with Gasteiger partial charge in [0.05, 0.1) is 4.92 Å². The summed E-state index contributed by atoms with van der Waals surface area (Å²) in [6.45, 7) is 0. The molecule has 16 heavy (non-hydrogen) atoms. The molecular weight excluding hydrogens is 218 g/mol. The summed E-state index contributed by atoms with van der Waals surface area (Å²) < 4.78 is 0. The molecule has 0 bridgehead atoms. The summed E-state index contributed by atoms with van der Waals surface area (Å²) in [5, 5.41) is 37.4. The Labute approximate surface area is 89.7 Å². The van der Waals surface area contributed by atoms with Crippen molar-refractivity contribution in [3.05, 3.63) is 27.8 Å². The molecule has 0 atom stereocenters. The monoisotopic (exact) mass is 227 g/mol. The number of aliphatic carboxylic acids is 1. The van der Waals surface area contributed by atoms with E-state index in [4.69, 9.17) is 10.2 Å². The van der Waals surface area contributed by atoms with Gasteiger partial charge in [-0.3, -0.25) is 14.9 Å². The van der Waals surface area contributed by atoms with Crippen molar-refractivity contribution in [2.75, 3.05) is 0 Å². The number of aromatic hydroxyl groups is 2. The third-order valence-electron chi connectivity index (χ3n) is 1.98. The van der Waals surface area contributed by atoms with Gasteiger partial charge >= 0.3 is 11.7 Å². The fourth-order valence-electron chi connectivity index (χ4n) is 1.20. The molecular formula is C9H9NO6. The molecule has 7 nitrogen and oxygen atoms in total. The van der Waals surface area contributed by atoms with E-state index >= 15 is 0 Å². The molecule has 0 radical (unpaired) electrons. The summed E-state index contributed by atoms with van der Waals surface area (Å²) >= 11 is 0. The normalized spacial score (nSPS) is 10.0. The van der Waals surface area contributed by atoms with Gasteiger partial charge in [-0.25, -0.2) is 0 Å². The number of nitrogens with zero attached hydrogens (tertiary/aromatic N) is 1. The number of nitro groups is 1. The topological polar surface area (TPSA) is 121 Å². The second-order valence-corrected chi connectivity index (χ2v) is 3.12. The van der Waals surface area contributed by atoms with Crippen LogP contribution < -0.4 is 0 Å². The van der Waals surface area contributed by atoms with Gasteiger partial charge < -0.3 is 15.3 Å². The fourth-order valence-corrected chi connectivity index (χ4v) is 1.20. The molecule has 3 N–H and O–H groups in total. The number of carboxylic acids is 1. The van der Waals surface area contributed by atoms with Crippen LogP contribution in [-0.4, -0.2) is 26.2 Å². The lowest BCUT2D eigenvalue weighted by atomic mass is 10.1. The quantitative estimate of drug-likeness (QED) is 0.521. The smallest absolute Gasteiger partial charge is 0.311 e. The van der Waals surface area contributed by atoms with Crippen molar-refractivity contribution in [1.82, 2.24) is 0 Å². The molecule has 1 aromatic carbocycles. The highest BCUT2D eigenvalue weighted by molar-refractivity contribution is 5.67. The van der Waals surface area contributed by atoms with Crippen LogP contribution in [0, 0.1) is 10.1 Å². The first-order valence-electron chi connectivity index (χ1n) is 4.33.